The van der Waals surface area contributed by atoms with Crippen molar-refractivity contribution in [1.82, 2.24) is 9.78 Å². The van der Waals surface area contributed by atoms with E-state index in [1.54, 1.807) is 4.68 Å². The van der Waals surface area contributed by atoms with Gasteiger partial charge in [0.25, 0.3) is 0 Å². The number of aromatic nitrogens is 2. The quantitative estimate of drug-likeness (QED) is 0.777. The fraction of sp³-hybridized carbons (Fsp3) is 0.556. The number of thioether (sulfide) groups is 1. The average Bonchev–Trinajstić information content (AvgIpc) is 2.46. The number of carboxylic acid groups (broad SMARTS) is 1. The fourth-order valence-corrected chi connectivity index (χ4v) is 1.67. The third-order valence-corrected chi connectivity index (χ3v) is 2.44. The highest BCUT2D eigenvalue weighted by Crippen LogP contribution is 2.18. The Morgan fingerprint density at radius 1 is 1.71 bits per heavy atom. The van der Waals surface area contributed by atoms with E-state index in [0.29, 0.717) is 0 Å². The Balaban J connectivity index is 2.99. The van der Waals surface area contributed by atoms with Gasteiger partial charge < -0.3 is 5.11 Å². The molecule has 0 aliphatic rings. The summed E-state index contributed by atoms with van der Waals surface area (Å²) in [6.45, 7) is 3.98. The van der Waals surface area contributed by atoms with Crippen LogP contribution >= 0.6 is 11.8 Å². The highest BCUT2D eigenvalue weighted by molar-refractivity contribution is 7.98. The van der Waals surface area contributed by atoms with Crippen LogP contribution in [0.4, 0.5) is 0 Å². The van der Waals surface area contributed by atoms with E-state index in [-0.39, 0.29) is 12.5 Å². The summed E-state index contributed by atoms with van der Waals surface area (Å²) in [6.07, 6.45) is 1.96. The van der Waals surface area contributed by atoms with E-state index in [4.69, 9.17) is 5.11 Å². The molecule has 0 spiro atoms. The van der Waals surface area contributed by atoms with Crippen LogP contribution in [0.1, 0.15) is 25.6 Å². The molecule has 0 bridgehead atoms. The molecule has 0 aromatic carbocycles. The highest BCUT2D eigenvalue weighted by Gasteiger charge is 2.12. The van der Waals surface area contributed by atoms with Crippen molar-refractivity contribution >= 4 is 17.7 Å². The molecule has 0 fully saturated rings. The van der Waals surface area contributed by atoms with Gasteiger partial charge in [-0.05, 0) is 26.2 Å². The lowest BCUT2D eigenvalue weighted by Crippen LogP contribution is -2.11. The standard InChI is InChI=1S/C9H14N2O2S/c1-6(2)11-7(5-9(12)13)4-8(10-11)14-3/h4,6H,5H2,1-3H3,(H,12,13). The molecule has 1 N–H and O–H groups in total. The van der Waals surface area contributed by atoms with Gasteiger partial charge in [0.1, 0.15) is 5.03 Å². The van der Waals surface area contributed by atoms with Crippen molar-refractivity contribution in [3.05, 3.63) is 11.8 Å². The highest BCUT2D eigenvalue weighted by atomic mass is 32.2. The molecule has 0 radical (unpaired) electrons. The molecule has 0 saturated carbocycles. The molecule has 1 heterocycles. The molecule has 0 aliphatic carbocycles. The van der Waals surface area contributed by atoms with Gasteiger partial charge in [-0.1, -0.05) is 0 Å². The zero-order valence-corrected chi connectivity index (χ0v) is 9.34. The number of hydrogen-bond donors (Lipinski definition) is 1. The maximum Gasteiger partial charge on any atom is 0.309 e. The van der Waals surface area contributed by atoms with Crippen LogP contribution in [0.3, 0.4) is 0 Å². The third kappa shape index (κ3) is 2.51. The number of carboxylic acids is 1. The van der Waals surface area contributed by atoms with Crippen LogP contribution in [0.15, 0.2) is 11.1 Å². The van der Waals surface area contributed by atoms with Gasteiger partial charge in [-0.3, -0.25) is 9.48 Å². The summed E-state index contributed by atoms with van der Waals surface area (Å²) in [6, 6.07) is 2.03. The van der Waals surface area contributed by atoms with Crippen molar-refractivity contribution in [2.45, 2.75) is 31.3 Å². The van der Waals surface area contributed by atoms with E-state index in [2.05, 4.69) is 5.10 Å². The molecule has 1 rings (SSSR count). The van der Waals surface area contributed by atoms with Crippen LogP contribution in [0, 0.1) is 0 Å². The Morgan fingerprint density at radius 3 is 2.79 bits per heavy atom. The Bertz CT molecular complexity index is 334. The predicted molar refractivity (Wildman–Crippen MR) is 55.7 cm³/mol. The van der Waals surface area contributed by atoms with Crippen molar-refractivity contribution in [2.24, 2.45) is 0 Å². The van der Waals surface area contributed by atoms with Gasteiger partial charge >= 0.3 is 5.97 Å². The normalized spacial score (nSPS) is 10.9. The lowest BCUT2D eigenvalue weighted by molar-refractivity contribution is -0.136. The molecule has 14 heavy (non-hydrogen) atoms. The summed E-state index contributed by atoms with van der Waals surface area (Å²) in [5.41, 5.74) is 0.761. The van der Waals surface area contributed by atoms with E-state index in [9.17, 15) is 4.79 Å². The average molecular weight is 214 g/mol. The summed E-state index contributed by atoms with van der Waals surface area (Å²) in [4.78, 5) is 10.6. The molecule has 5 heteroatoms. The Kier molecular flexibility index (Phi) is 3.57. The number of rotatable bonds is 4. The molecule has 0 aliphatic heterocycles. The van der Waals surface area contributed by atoms with Crippen molar-refractivity contribution in [3.8, 4) is 0 Å². The lowest BCUT2D eigenvalue weighted by atomic mass is 10.3. The van der Waals surface area contributed by atoms with Crippen LogP contribution in [-0.2, 0) is 11.2 Å². The zero-order valence-electron chi connectivity index (χ0n) is 8.52. The molecule has 0 atom stereocenters. The van der Waals surface area contributed by atoms with E-state index < -0.39 is 5.97 Å². The summed E-state index contributed by atoms with van der Waals surface area (Å²) in [7, 11) is 0. The maximum atomic E-state index is 10.6. The molecule has 4 nitrogen and oxygen atoms in total. The first kappa shape index (κ1) is 11.1. The van der Waals surface area contributed by atoms with Crippen molar-refractivity contribution in [2.75, 3.05) is 6.26 Å². The van der Waals surface area contributed by atoms with E-state index in [0.717, 1.165) is 10.7 Å². The Labute approximate surface area is 87.3 Å². The Hall–Kier alpha value is -0.970. The first-order valence-corrected chi connectivity index (χ1v) is 5.61. The van der Waals surface area contributed by atoms with Gasteiger partial charge in [-0.2, -0.15) is 5.10 Å². The summed E-state index contributed by atoms with van der Waals surface area (Å²) < 4.78 is 1.76. The van der Waals surface area contributed by atoms with Crippen molar-refractivity contribution < 1.29 is 9.90 Å². The van der Waals surface area contributed by atoms with Gasteiger partial charge in [-0.25, -0.2) is 0 Å². The zero-order chi connectivity index (χ0) is 10.7. The number of aliphatic carboxylic acids is 1. The Morgan fingerprint density at radius 2 is 2.36 bits per heavy atom. The van der Waals surface area contributed by atoms with Crippen LogP contribution < -0.4 is 0 Å². The molecular weight excluding hydrogens is 200 g/mol. The summed E-state index contributed by atoms with van der Waals surface area (Å²) >= 11 is 1.52. The number of nitrogens with zero attached hydrogens (tertiary/aromatic N) is 2. The third-order valence-electron chi connectivity index (χ3n) is 1.82. The van der Waals surface area contributed by atoms with Crippen LogP contribution in [0.5, 0.6) is 0 Å². The van der Waals surface area contributed by atoms with Gasteiger partial charge in [0, 0.05) is 6.04 Å². The first-order chi connectivity index (χ1) is 6.54. The van der Waals surface area contributed by atoms with Crippen LogP contribution in [0.25, 0.3) is 0 Å². The lowest BCUT2D eigenvalue weighted by Gasteiger charge is -2.08. The number of hydrogen-bond acceptors (Lipinski definition) is 3. The van der Waals surface area contributed by atoms with Gasteiger partial charge in [0.05, 0.1) is 12.1 Å². The molecule has 0 unspecified atom stereocenters. The fourth-order valence-electron chi connectivity index (χ4n) is 1.24. The second-order valence-corrected chi connectivity index (χ2v) is 4.11. The van der Waals surface area contributed by atoms with E-state index in [1.807, 2.05) is 26.2 Å². The predicted octanol–water partition coefficient (Wildman–Crippen LogP) is 1.81. The minimum absolute atomic E-state index is 0.0335. The largest absolute Gasteiger partial charge is 0.481 e. The van der Waals surface area contributed by atoms with Gasteiger partial charge in [-0.15, -0.1) is 11.8 Å². The molecular formula is C9H14N2O2S. The van der Waals surface area contributed by atoms with E-state index in [1.165, 1.54) is 11.8 Å². The minimum atomic E-state index is -0.820. The molecule has 0 amide bonds. The second kappa shape index (κ2) is 4.50. The van der Waals surface area contributed by atoms with Gasteiger partial charge in [0.2, 0.25) is 0 Å². The first-order valence-electron chi connectivity index (χ1n) is 4.38. The summed E-state index contributed by atoms with van der Waals surface area (Å²) in [5, 5.41) is 13.9. The van der Waals surface area contributed by atoms with Crippen molar-refractivity contribution in [3.63, 3.8) is 0 Å². The smallest absolute Gasteiger partial charge is 0.309 e. The minimum Gasteiger partial charge on any atom is -0.481 e. The molecule has 0 saturated heterocycles. The van der Waals surface area contributed by atoms with E-state index >= 15 is 0 Å². The van der Waals surface area contributed by atoms with Crippen LogP contribution in [0.2, 0.25) is 0 Å². The SMILES string of the molecule is CSc1cc(CC(=O)O)n(C(C)C)n1. The monoisotopic (exact) mass is 214 g/mol. The topological polar surface area (TPSA) is 55.1 Å². The number of carbonyl (C=O) groups is 1. The maximum absolute atomic E-state index is 10.6. The van der Waals surface area contributed by atoms with Crippen LogP contribution in [-0.4, -0.2) is 27.1 Å². The molecule has 78 valence electrons. The molecule has 1 aromatic heterocycles. The summed E-state index contributed by atoms with van der Waals surface area (Å²) in [5.74, 6) is -0.820. The van der Waals surface area contributed by atoms with Crippen molar-refractivity contribution in [1.29, 1.82) is 0 Å². The molecule has 1 aromatic rings. The van der Waals surface area contributed by atoms with Gasteiger partial charge in [0.15, 0.2) is 0 Å². The second-order valence-electron chi connectivity index (χ2n) is 3.29.